The molecule has 0 aromatic heterocycles. The summed E-state index contributed by atoms with van der Waals surface area (Å²) in [7, 11) is -3.30. The van der Waals surface area contributed by atoms with Crippen LogP contribution in [-0.2, 0) is 9.84 Å². The molecule has 14 heavy (non-hydrogen) atoms. The summed E-state index contributed by atoms with van der Waals surface area (Å²) in [5.41, 5.74) is 0.995. The smallest absolute Gasteiger partial charge is 0.185 e. The standard InChI is InChI=1S/C10H8O3S/c1-5-7-4-8-10(11)9(5)6(7)2-3-14(8,12)13/h2,4,11H,3H2,1H3. The fourth-order valence-electron chi connectivity index (χ4n) is 2.16. The maximum absolute atomic E-state index is 11.6. The first-order valence-electron chi connectivity index (χ1n) is 4.32. The molecule has 0 unspecified atom stereocenters. The molecule has 0 aliphatic carbocycles. The first kappa shape index (κ1) is 8.05. The number of phenols is 2. The normalized spacial score (nSPS) is 18.6. The maximum Gasteiger partial charge on any atom is 0.185 e. The zero-order chi connectivity index (χ0) is 10.1. The Bertz CT molecular complexity index is 682. The second kappa shape index (κ2) is 2.03. The molecule has 0 saturated heterocycles. The number of rotatable bonds is 0. The Kier molecular flexibility index (Phi) is 1.17. The average molecular weight is 208 g/mol. The van der Waals surface area contributed by atoms with E-state index in [1.54, 1.807) is 12.1 Å². The molecular formula is C10H8O3S. The van der Waals surface area contributed by atoms with Crippen LogP contribution in [0.4, 0.5) is 0 Å². The summed E-state index contributed by atoms with van der Waals surface area (Å²) < 4.78 is 23.2. The van der Waals surface area contributed by atoms with Crippen molar-refractivity contribution in [2.24, 2.45) is 0 Å². The Morgan fingerprint density at radius 1 is 1.43 bits per heavy atom. The highest BCUT2D eigenvalue weighted by molar-refractivity contribution is 7.92. The Balaban J connectivity index is 2.65. The molecule has 0 fully saturated rings. The highest BCUT2D eigenvalue weighted by Gasteiger charge is 2.28. The van der Waals surface area contributed by atoms with Gasteiger partial charge in [-0.15, -0.1) is 0 Å². The van der Waals surface area contributed by atoms with Crippen LogP contribution in [0.25, 0.3) is 16.8 Å². The van der Waals surface area contributed by atoms with Gasteiger partial charge in [0.05, 0.1) is 5.75 Å². The molecule has 4 heteroatoms. The predicted octanol–water partition coefficient (Wildman–Crippen LogP) is 0.578. The molecule has 2 aliphatic heterocycles. The SMILES string of the molecule is Cc1c2cc3c(O)c1c2=CCS3(=O)=O. The lowest BCUT2D eigenvalue weighted by Crippen LogP contribution is -2.13. The van der Waals surface area contributed by atoms with Crippen LogP contribution in [0, 0.1) is 6.92 Å². The monoisotopic (exact) mass is 208 g/mol. The third-order valence-corrected chi connectivity index (χ3v) is 4.51. The first-order valence-corrected chi connectivity index (χ1v) is 5.98. The molecule has 72 valence electrons. The predicted molar refractivity (Wildman–Crippen MR) is 53.3 cm³/mol. The van der Waals surface area contributed by atoms with Gasteiger partial charge in [0, 0.05) is 5.39 Å². The highest BCUT2D eigenvalue weighted by Crippen LogP contribution is 2.37. The van der Waals surface area contributed by atoms with E-state index < -0.39 is 9.84 Å². The molecule has 0 atom stereocenters. The highest BCUT2D eigenvalue weighted by atomic mass is 32.2. The molecule has 3 aromatic rings. The minimum absolute atomic E-state index is 0.00148. The summed E-state index contributed by atoms with van der Waals surface area (Å²) in [6.45, 7) is 1.89. The molecule has 3 nitrogen and oxygen atoms in total. The summed E-state index contributed by atoms with van der Waals surface area (Å²) in [6.07, 6.45) is 1.68. The van der Waals surface area contributed by atoms with E-state index >= 15 is 0 Å². The fourth-order valence-corrected chi connectivity index (χ4v) is 3.42. The Morgan fingerprint density at radius 3 is 2.79 bits per heavy atom. The van der Waals surface area contributed by atoms with E-state index in [1.807, 2.05) is 6.92 Å². The molecule has 2 heterocycles. The van der Waals surface area contributed by atoms with Crippen LogP contribution in [0.1, 0.15) is 5.56 Å². The van der Waals surface area contributed by atoms with Crippen molar-refractivity contribution >= 4 is 26.7 Å². The first-order chi connectivity index (χ1) is 6.52. The van der Waals surface area contributed by atoms with E-state index in [0.29, 0.717) is 0 Å². The van der Waals surface area contributed by atoms with E-state index in [1.165, 1.54) is 0 Å². The van der Waals surface area contributed by atoms with Gasteiger partial charge in [-0.1, -0.05) is 6.08 Å². The van der Waals surface area contributed by atoms with Gasteiger partial charge in [0.2, 0.25) is 0 Å². The number of phenolic OH excluding ortho intramolecular Hbond substituents is 1. The van der Waals surface area contributed by atoms with Gasteiger partial charge in [0.1, 0.15) is 10.6 Å². The quantitative estimate of drug-likeness (QED) is 0.689. The number of aromatic hydroxyl groups is 1. The Morgan fingerprint density at radius 2 is 2.14 bits per heavy atom. The van der Waals surface area contributed by atoms with Crippen LogP contribution in [0.5, 0.6) is 5.75 Å². The summed E-state index contributed by atoms with van der Waals surface area (Å²) in [4.78, 5) is 0.0885. The summed E-state index contributed by atoms with van der Waals surface area (Å²) in [5.74, 6) is -0.0698. The van der Waals surface area contributed by atoms with Gasteiger partial charge in [-0.2, -0.15) is 0 Å². The van der Waals surface area contributed by atoms with Gasteiger partial charge < -0.3 is 5.11 Å². The Labute approximate surface area is 80.9 Å². The largest absolute Gasteiger partial charge is 0.506 e. The van der Waals surface area contributed by atoms with Crippen LogP contribution >= 0.6 is 0 Å². The molecule has 2 aliphatic rings. The molecule has 0 spiro atoms. The van der Waals surface area contributed by atoms with E-state index in [9.17, 15) is 13.5 Å². The molecule has 0 amide bonds. The zero-order valence-corrected chi connectivity index (χ0v) is 8.35. The second-order valence-electron chi connectivity index (χ2n) is 3.67. The van der Waals surface area contributed by atoms with Crippen molar-refractivity contribution in [1.82, 2.24) is 0 Å². The third kappa shape index (κ3) is 0.674. The summed E-state index contributed by atoms with van der Waals surface area (Å²) >= 11 is 0. The second-order valence-corrected chi connectivity index (χ2v) is 5.67. The average Bonchev–Trinajstić information content (AvgIpc) is 2.26. The van der Waals surface area contributed by atoms with Crippen LogP contribution in [0.15, 0.2) is 11.0 Å². The number of sulfone groups is 1. The number of benzene rings is 2. The van der Waals surface area contributed by atoms with E-state index in [0.717, 1.165) is 21.6 Å². The number of hydrogen-bond donors (Lipinski definition) is 1. The number of fused-ring (bicyclic) bond motifs is 2. The molecule has 5 rings (SSSR count). The summed E-state index contributed by atoms with van der Waals surface area (Å²) in [5, 5.41) is 12.3. The third-order valence-electron chi connectivity index (χ3n) is 2.93. The van der Waals surface area contributed by atoms with Gasteiger partial charge in [-0.05, 0) is 29.2 Å². The molecule has 0 radical (unpaired) electrons. The van der Waals surface area contributed by atoms with E-state index in [2.05, 4.69) is 0 Å². The van der Waals surface area contributed by atoms with Gasteiger partial charge in [0.25, 0.3) is 0 Å². The zero-order valence-electron chi connectivity index (χ0n) is 7.53. The van der Waals surface area contributed by atoms with Crippen molar-refractivity contribution in [2.45, 2.75) is 11.8 Å². The molecule has 3 aromatic carbocycles. The van der Waals surface area contributed by atoms with Crippen LogP contribution < -0.4 is 5.22 Å². The molecule has 0 saturated carbocycles. The lowest BCUT2D eigenvalue weighted by molar-refractivity contribution is 0.464. The van der Waals surface area contributed by atoms with Gasteiger partial charge in [-0.25, -0.2) is 8.42 Å². The van der Waals surface area contributed by atoms with E-state index in [4.69, 9.17) is 0 Å². The lowest BCUT2D eigenvalue weighted by atomic mass is 9.93. The van der Waals surface area contributed by atoms with Crippen molar-refractivity contribution in [3.8, 4) is 5.75 Å². The van der Waals surface area contributed by atoms with Gasteiger partial charge >= 0.3 is 0 Å². The number of hydrogen-bond acceptors (Lipinski definition) is 3. The van der Waals surface area contributed by atoms with Crippen LogP contribution in [0.3, 0.4) is 0 Å². The molecule has 1 N–H and O–H groups in total. The molecule has 4 bridgehead atoms. The number of aryl methyl sites for hydroxylation is 1. The minimum Gasteiger partial charge on any atom is -0.506 e. The van der Waals surface area contributed by atoms with Crippen molar-refractivity contribution in [1.29, 1.82) is 0 Å². The molecular weight excluding hydrogens is 200 g/mol. The minimum atomic E-state index is -3.30. The van der Waals surface area contributed by atoms with Crippen LogP contribution in [0.2, 0.25) is 0 Å². The van der Waals surface area contributed by atoms with Crippen LogP contribution in [-0.4, -0.2) is 19.3 Å². The van der Waals surface area contributed by atoms with Gasteiger partial charge in [-0.3, -0.25) is 0 Å². The van der Waals surface area contributed by atoms with Crippen molar-refractivity contribution < 1.29 is 13.5 Å². The van der Waals surface area contributed by atoms with E-state index in [-0.39, 0.29) is 16.4 Å². The van der Waals surface area contributed by atoms with Gasteiger partial charge in [0.15, 0.2) is 9.84 Å². The maximum atomic E-state index is 11.6. The topological polar surface area (TPSA) is 54.4 Å². The van der Waals surface area contributed by atoms with Crippen molar-refractivity contribution in [3.63, 3.8) is 0 Å². The Hall–Kier alpha value is -1.29. The fraction of sp³-hybridized carbons (Fsp3) is 0.200. The van der Waals surface area contributed by atoms with Crippen molar-refractivity contribution in [3.05, 3.63) is 16.8 Å². The lowest BCUT2D eigenvalue weighted by Gasteiger charge is -2.14. The van der Waals surface area contributed by atoms with Crippen molar-refractivity contribution in [2.75, 3.05) is 5.75 Å². The summed E-state index contributed by atoms with van der Waals surface area (Å²) in [6, 6.07) is 1.58.